The van der Waals surface area contributed by atoms with E-state index in [0.29, 0.717) is 22.8 Å². The number of carboxylic acids is 2. The molecule has 10 heteroatoms. The van der Waals surface area contributed by atoms with Crippen molar-refractivity contribution in [2.45, 2.75) is 12.8 Å². The molecule has 0 spiro atoms. The molecule has 10 nitrogen and oxygen atoms in total. The fourth-order valence-electron chi connectivity index (χ4n) is 4.96. The van der Waals surface area contributed by atoms with Crippen LogP contribution in [0.4, 0.5) is 0 Å². The lowest BCUT2D eigenvalue weighted by Crippen LogP contribution is -2.50. The third-order valence-electron chi connectivity index (χ3n) is 6.66. The zero-order chi connectivity index (χ0) is 24.8. The van der Waals surface area contributed by atoms with Crippen molar-refractivity contribution in [2.24, 2.45) is 17.8 Å². The van der Waals surface area contributed by atoms with Crippen LogP contribution in [-0.2, 0) is 9.59 Å². The lowest BCUT2D eigenvalue weighted by molar-refractivity contribution is -0.159. The summed E-state index contributed by atoms with van der Waals surface area (Å²) in [5, 5.41) is 14.8. The number of carboxylic acid groups (broad SMARTS) is 2. The van der Waals surface area contributed by atoms with Crippen molar-refractivity contribution in [3.63, 3.8) is 0 Å². The molecule has 2 N–H and O–H groups in total. The van der Waals surface area contributed by atoms with Crippen LogP contribution in [0.2, 0.25) is 0 Å². The van der Waals surface area contributed by atoms with Crippen molar-refractivity contribution in [3.05, 3.63) is 29.8 Å². The van der Waals surface area contributed by atoms with Crippen LogP contribution in [-0.4, -0.2) is 91.9 Å². The molecular formula is C24H32N2O8. The molecule has 0 radical (unpaired) electrons. The number of hydrogen-bond donors (Lipinski definition) is 2. The number of carbonyl (C=O) groups is 3. The molecule has 1 saturated carbocycles. The van der Waals surface area contributed by atoms with E-state index in [1.807, 2.05) is 4.90 Å². The number of aliphatic carboxylic acids is 2. The summed E-state index contributed by atoms with van der Waals surface area (Å²) in [5.74, 6) is 0.286. The summed E-state index contributed by atoms with van der Waals surface area (Å²) in [7, 11) is 4.69. The zero-order valence-electron chi connectivity index (χ0n) is 19.7. The van der Waals surface area contributed by atoms with Crippen LogP contribution in [0.3, 0.4) is 0 Å². The van der Waals surface area contributed by atoms with Crippen LogP contribution >= 0.6 is 0 Å². The monoisotopic (exact) mass is 476 g/mol. The number of methoxy groups -OCH3 is 3. The Bertz CT molecular complexity index is 902. The number of ether oxygens (including phenoxy) is 3. The maximum Gasteiger partial charge on any atom is 0.414 e. The second-order valence-corrected chi connectivity index (χ2v) is 8.66. The number of amides is 1. The number of nitrogens with zero attached hydrogens (tertiary/aromatic N) is 2. The molecule has 2 bridgehead atoms. The summed E-state index contributed by atoms with van der Waals surface area (Å²) in [5.41, 5.74) is 0.571. The van der Waals surface area contributed by atoms with E-state index in [1.54, 1.807) is 33.5 Å². The Morgan fingerprint density at radius 3 is 1.88 bits per heavy atom. The number of rotatable bonds is 6. The largest absolute Gasteiger partial charge is 0.493 e. The summed E-state index contributed by atoms with van der Waals surface area (Å²) in [6.45, 7) is 4.55. The number of carbonyl (C=O) groups excluding carboxylic acids is 1. The highest BCUT2D eigenvalue weighted by Gasteiger charge is 2.37. The van der Waals surface area contributed by atoms with Crippen LogP contribution in [0.5, 0.6) is 17.2 Å². The lowest BCUT2D eigenvalue weighted by Gasteiger charge is -2.37. The molecule has 3 unspecified atom stereocenters. The van der Waals surface area contributed by atoms with Gasteiger partial charge in [0.15, 0.2) is 11.5 Å². The molecule has 1 saturated heterocycles. The van der Waals surface area contributed by atoms with Crippen molar-refractivity contribution >= 4 is 17.8 Å². The van der Waals surface area contributed by atoms with Gasteiger partial charge in [0.1, 0.15) is 0 Å². The molecule has 4 rings (SSSR count). The fourth-order valence-corrected chi connectivity index (χ4v) is 4.96. The topological polar surface area (TPSA) is 126 Å². The van der Waals surface area contributed by atoms with Gasteiger partial charge < -0.3 is 29.3 Å². The summed E-state index contributed by atoms with van der Waals surface area (Å²) in [4.78, 5) is 35.7. The third-order valence-corrected chi connectivity index (χ3v) is 6.66. The SMILES string of the molecule is COc1cc(C(=O)N2CCN(CC3CC4C=CC3C4)CC2)cc(OC)c1OC.O=C(O)C(=O)O. The van der Waals surface area contributed by atoms with E-state index in [1.165, 1.54) is 12.8 Å². The van der Waals surface area contributed by atoms with Gasteiger partial charge >= 0.3 is 11.9 Å². The predicted octanol–water partition coefficient (Wildman–Crippen LogP) is 1.84. The van der Waals surface area contributed by atoms with Gasteiger partial charge in [0.25, 0.3) is 5.91 Å². The van der Waals surface area contributed by atoms with Crippen LogP contribution in [0.15, 0.2) is 24.3 Å². The number of fused-ring (bicyclic) bond motifs is 2. The minimum atomic E-state index is -1.82. The van der Waals surface area contributed by atoms with Gasteiger partial charge in [-0.3, -0.25) is 9.69 Å². The van der Waals surface area contributed by atoms with E-state index in [-0.39, 0.29) is 5.91 Å². The smallest absolute Gasteiger partial charge is 0.414 e. The summed E-state index contributed by atoms with van der Waals surface area (Å²) >= 11 is 0. The van der Waals surface area contributed by atoms with Crippen LogP contribution < -0.4 is 14.2 Å². The second kappa shape index (κ2) is 11.2. The molecule has 3 aliphatic rings. The van der Waals surface area contributed by atoms with E-state index >= 15 is 0 Å². The highest BCUT2D eigenvalue weighted by atomic mass is 16.5. The Labute approximate surface area is 198 Å². The van der Waals surface area contributed by atoms with Crippen LogP contribution in [0, 0.1) is 17.8 Å². The van der Waals surface area contributed by atoms with Crippen molar-refractivity contribution < 1.29 is 38.8 Å². The van der Waals surface area contributed by atoms with Gasteiger partial charge in [-0.1, -0.05) is 12.2 Å². The Hall–Kier alpha value is -3.27. The number of benzene rings is 1. The van der Waals surface area contributed by atoms with Gasteiger partial charge in [-0.25, -0.2) is 9.59 Å². The quantitative estimate of drug-likeness (QED) is 0.467. The second-order valence-electron chi connectivity index (χ2n) is 8.66. The van der Waals surface area contributed by atoms with E-state index in [9.17, 15) is 4.79 Å². The average molecular weight is 477 g/mol. The summed E-state index contributed by atoms with van der Waals surface area (Å²) in [6.07, 6.45) is 7.51. The first-order valence-electron chi connectivity index (χ1n) is 11.2. The minimum absolute atomic E-state index is 0.0155. The van der Waals surface area contributed by atoms with Crippen molar-refractivity contribution in [1.82, 2.24) is 9.80 Å². The molecule has 3 atom stereocenters. The van der Waals surface area contributed by atoms with Gasteiger partial charge in [0.2, 0.25) is 5.75 Å². The van der Waals surface area contributed by atoms with E-state index < -0.39 is 11.9 Å². The highest BCUT2D eigenvalue weighted by molar-refractivity contribution is 6.27. The van der Waals surface area contributed by atoms with Crippen LogP contribution in [0.25, 0.3) is 0 Å². The molecule has 1 aliphatic heterocycles. The molecular weight excluding hydrogens is 444 g/mol. The fraction of sp³-hybridized carbons (Fsp3) is 0.542. The van der Waals surface area contributed by atoms with E-state index in [4.69, 9.17) is 34.0 Å². The Kier molecular flexibility index (Phi) is 8.38. The first-order chi connectivity index (χ1) is 16.3. The third kappa shape index (κ3) is 5.80. The predicted molar refractivity (Wildman–Crippen MR) is 123 cm³/mol. The lowest BCUT2D eigenvalue weighted by atomic mass is 9.93. The molecule has 0 aromatic heterocycles. The van der Waals surface area contributed by atoms with Crippen molar-refractivity contribution in [1.29, 1.82) is 0 Å². The van der Waals surface area contributed by atoms with Gasteiger partial charge in [-0.2, -0.15) is 0 Å². The molecule has 2 aliphatic carbocycles. The molecule has 34 heavy (non-hydrogen) atoms. The van der Waals surface area contributed by atoms with Gasteiger partial charge in [0, 0.05) is 38.3 Å². The van der Waals surface area contributed by atoms with Gasteiger partial charge in [-0.15, -0.1) is 0 Å². The minimum Gasteiger partial charge on any atom is -0.493 e. The molecule has 186 valence electrons. The van der Waals surface area contributed by atoms with Crippen molar-refractivity contribution in [2.75, 3.05) is 54.1 Å². The van der Waals surface area contributed by atoms with E-state index in [2.05, 4.69) is 17.1 Å². The Morgan fingerprint density at radius 2 is 1.47 bits per heavy atom. The van der Waals surface area contributed by atoms with E-state index in [0.717, 1.165) is 50.5 Å². The molecule has 2 fully saturated rings. The average Bonchev–Trinajstić information content (AvgIpc) is 3.46. The summed E-state index contributed by atoms with van der Waals surface area (Å²) < 4.78 is 16.1. The van der Waals surface area contributed by atoms with Gasteiger partial charge in [-0.05, 0) is 42.7 Å². The van der Waals surface area contributed by atoms with Crippen LogP contribution in [0.1, 0.15) is 23.2 Å². The first kappa shape index (κ1) is 25.4. The number of allylic oxidation sites excluding steroid dienone is 2. The maximum absolute atomic E-state index is 13.0. The summed E-state index contributed by atoms with van der Waals surface area (Å²) in [6, 6.07) is 3.47. The Morgan fingerprint density at radius 1 is 0.882 bits per heavy atom. The maximum atomic E-state index is 13.0. The number of hydrogen-bond acceptors (Lipinski definition) is 7. The Balaban J connectivity index is 0.000000481. The molecule has 1 aromatic carbocycles. The first-order valence-corrected chi connectivity index (χ1v) is 11.2. The standard InChI is InChI=1S/C22H30N2O4.C2H2O4/c1-26-19-12-17(13-20(27-2)21(19)28-3)22(25)24-8-6-23(7-9-24)14-18-11-15-4-5-16(18)10-15;3-1(4)2(5)6/h4-5,12-13,15-16,18H,6-11,14H2,1-3H3;(H,3,4)(H,5,6). The normalized spacial score (nSPS) is 23.1. The zero-order valence-corrected chi connectivity index (χ0v) is 19.7. The number of piperazine rings is 1. The molecule has 1 aromatic rings. The highest BCUT2D eigenvalue weighted by Crippen LogP contribution is 2.43. The molecule has 1 heterocycles. The van der Waals surface area contributed by atoms with Gasteiger partial charge in [0.05, 0.1) is 21.3 Å². The molecule has 1 amide bonds. The van der Waals surface area contributed by atoms with Crippen molar-refractivity contribution in [3.8, 4) is 17.2 Å².